The topological polar surface area (TPSA) is 205 Å². The Morgan fingerprint density at radius 1 is 0.519 bits per heavy atom. The first-order chi connectivity index (χ1) is 49.9. The molecule has 21 heteroatoms. The minimum atomic E-state index is -4.66. The Morgan fingerprint density at radius 3 is 1.46 bits per heavy atom. The van der Waals surface area contributed by atoms with E-state index in [1.54, 1.807) is 78.9 Å². The van der Waals surface area contributed by atoms with Crippen LogP contribution in [0.25, 0.3) is 0 Å². The van der Waals surface area contributed by atoms with Gasteiger partial charge in [-0.2, -0.15) is 0 Å². The van der Waals surface area contributed by atoms with Gasteiger partial charge in [0.1, 0.15) is 48.5 Å². The maximum Gasteiger partial charge on any atom is 0.338 e. The molecule has 7 aromatic carbocycles. The third kappa shape index (κ3) is 16.2. The van der Waals surface area contributed by atoms with Gasteiger partial charge in [0, 0.05) is 52.9 Å². The zero-order valence-corrected chi connectivity index (χ0v) is 64.2. The highest BCUT2D eigenvalue weighted by Crippen LogP contribution is 2.50. The first-order valence-corrected chi connectivity index (χ1v) is 41.7. The van der Waals surface area contributed by atoms with Gasteiger partial charge in [-0.05, 0) is 93.9 Å². The standard InChI is InChI=1S/C83H100O18SSi2/c1-81(2,3)103(61-39-25-15-26-40-61,62-41-27-16-28-42-62)100-74-69(51-59-54-93-83(7,8)99-59)98-76-75(74)97-66-48-47-57(94-73(66)77(76)101-104(82(4,5)6,63-43-29-17-30-44-63)64-45-31-18-32-46-64)49-65(84)78(102(87,88)60-37-23-14-24-38-60)71-67(52-70(89-9)90-10)96-68(72(71)91-11)50-58(95-80(86)56-35-21-13-22-36-56)53-92-79(85)55-33-19-12-20-34-55/h12-46,57-59,66-78H,47-54H2,1-11H3/t57-,58-,59-,66+,67+,68-,69-,71+,72+,73+,74+,75+,76-,77+,78-/m1/s1. The van der Waals surface area contributed by atoms with Gasteiger partial charge in [-0.25, -0.2) is 18.0 Å². The molecule has 0 spiro atoms. The minimum absolute atomic E-state index is 0.0517. The lowest BCUT2D eigenvalue weighted by Gasteiger charge is -2.53. The molecule has 5 fully saturated rings. The number of Topliss-reactive ketones (excluding diaryl/α,β-unsaturated/α-hetero) is 1. The number of esters is 2. The number of sulfone groups is 1. The Morgan fingerprint density at radius 2 is 0.990 bits per heavy atom. The smallest absolute Gasteiger partial charge is 0.338 e. The highest BCUT2D eigenvalue weighted by Gasteiger charge is 2.66. The molecule has 0 aromatic heterocycles. The van der Waals surface area contributed by atoms with Gasteiger partial charge in [0.25, 0.3) is 16.6 Å². The van der Waals surface area contributed by atoms with Crippen LogP contribution in [0, 0.1) is 5.92 Å². The summed E-state index contributed by atoms with van der Waals surface area (Å²) in [5.74, 6) is -4.09. The number of methoxy groups -OCH3 is 3. The van der Waals surface area contributed by atoms with E-state index < -0.39 is 157 Å². The van der Waals surface area contributed by atoms with Crippen molar-refractivity contribution >= 4 is 64.9 Å². The van der Waals surface area contributed by atoms with Crippen molar-refractivity contribution in [1.82, 2.24) is 0 Å². The Kier molecular flexibility index (Phi) is 24.1. The van der Waals surface area contributed by atoms with E-state index in [4.69, 9.17) is 61.0 Å². The molecule has 0 aliphatic carbocycles. The maximum absolute atomic E-state index is 16.4. The molecule has 5 saturated heterocycles. The average Bonchev–Trinajstić information content (AvgIpc) is 1.31. The molecule has 5 heterocycles. The Bertz CT molecular complexity index is 3980. The summed E-state index contributed by atoms with van der Waals surface area (Å²) >= 11 is 0. The number of hydrogen-bond donors (Lipinski definition) is 0. The number of rotatable bonds is 28. The molecule has 0 bridgehead atoms. The zero-order chi connectivity index (χ0) is 73.6. The lowest BCUT2D eigenvalue weighted by Crippen LogP contribution is -2.73. The van der Waals surface area contributed by atoms with Crippen molar-refractivity contribution in [3.63, 3.8) is 0 Å². The van der Waals surface area contributed by atoms with Crippen molar-refractivity contribution in [2.75, 3.05) is 34.5 Å². The van der Waals surface area contributed by atoms with Crippen LogP contribution in [0.3, 0.4) is 0 Å². The second-order valence-electron chi connectivity index (χ2n) is 30.4. The largest absolute Gasteiger partial charge is 0.458 e. The number of carbonyl (C=O) groups is 3. The molecule has 5 aliphatic heterocycles. The second kappa shape index (κ2) is 32.7. The average molecular weight is 1470 g/mol. The van der Waals surface area contributed by atoms with E-state index in [0.717, 1.165) is 20.7 Å². The molecule has 5 aliphatic rings. The van der Waals surface area contributed by atoms with E-state index in [1.165, 1.54) is 33.5 Å². The molecule has 7 aromatic rings. The van der Waals surface area contributed by atoms with Crippen LogP contribution in [0.15, 0.2) is 217 Å². The summed E-state index contributed by atoms with van der Waals surface area (Å²) in [7, 11) is -7.25. The highest BCUT2D eigenvalue weighted by atomic mass is 32.2. The fourth-order valence-corrected chi connectivity index (χ4v) is 28.0. The number of ether oxygens (including phenoxy) is 11. The Balaban J connectivity index is 0.945. The second-order valence-corrected chi connectivity index (χ2v) is 41.0. The van der Waals surface area contributed by atoms with Gasteiger partial charge in [-0.1, -0.05) is 217 Å². The van der Waals surface area contributed by atoms with Gasteiger partial charge in [-0.15, -0.1) is 0 Å². The molecule has 0 saturated carbocycles. The van der Waals surface area contributed by atoms with Crippen molar-refractivity contribution in [2.45, 2.75) is 206 Å². The minimum Gasteiger partial charge on any atom is -0.458 e. The van der Waals surface area contributed by atoms with Gasteiger partial charge in [-0.3, -0.25) is 4.79 Å². The number of fused-ring (bicyclic) bond motifs is 2. The first-order valence-electron chi connectivity index (χ1n) is 36.3. The third-order valence-electron chi connectivity index (χ3n) is 21.3. The molecule has 554 valence electrons. The van der Waals surface area contributed by atoms with Gasteiger partial charge < -0.3 is 61.0 Å². The third-order valence-corrected chi connectivity index (χ3v) is 33.5. The lowest BCUT2D eigenvalue weighted by molar-refractivity contribution is -0.254. The predicted molar refractivity (Wildman–Crippen MR) is 399 cm³/mol. The van der Waals surface area contributed by atoms with Crippen molar-refractivity contribution in [3.8, 4) is 0 Å². The molecule has 104 heavy (non-hydrogen) atoms. The fourth-order valence-electron chi connectivity index (χ4n) is 16.6. The van der Waals surface area contributed by atoms with Gasteiger partial charge in [0.05, 0.1) is 65.4 Å². The summed E-state index contributed by atoms with van der Waals surface area (Å²) in [5, 5.41) is 1.42. The fraction of sp³-hybridized carbons (Fsp3) is 0.458. The van der Waals surface area contributed by atoms with Gasteiger partial charge >= 0.3 is 11.9 Å². The van der Waals surface area contributed by atoms with E-state index in [9.17, 15) is 9.59 Å². The quantitative estimate of drug-likeness (QED) is 0.0254. The van der Waals surface area contributed by atoms with Crippen LogP contribution < -0.4 is 20.7 Å². The van der Waals surface area contributed by atoms with Gasteiger partial charge in [0.15, 0.2) is 27.7 Å². The van der Waals surface area contributed by atoms with E-state index >= 15 is 13.2 Å². The monoisotopic (exact) mass is 1470 g/mol. The predicted octanol–water partition coefficient (Wildman–Crippen LogP) is 11.2. The highest BCUT2D eigenvalue weighted by molar-refractivity contribution is 7.92. The van der Waals surface area contributed by atoms with Crippen molar-refractivity contribution in [2.24, 2.45) is 5.92 Å². The van der Waals surface area contributed by atoms with Crippen molar-refractivity contribution < 1.29 is 83.8 Å². The molecule has 0 amide bonds. The Hall–Kier alpha value is -6.91. The van der Waals surface area contributed by atoms with Crippen LogP contribution in [0.2, 0.25) is 10.1 Å². The van der Waals surface area contributed by atoms with E-state index in [0.29, 0.717) is 19.4 Å². The summed E-state index contributed by atoms with van der Waals surface area (Å²) < 4.78 is 122. The molecule has 0 unspecified atom stereocenters. The molecule has 15 atom stereocenters. The summed E-state index contributed by atoms with van der Waals surface area (Å²) in [4.78, 5) is 43.9. The van der Waals surface area contributed by atoms with E-state index in [1.807, 2.05) is 62.4 Å². The number of hydrogen-bond acceptors (Lipinski definition) is 18. The molecule has 0 N–H and O–H groups in total. The molecule has 12 rings (SSSR count). The Labute approximate surface area is 614 Å². The van der Waals surface area contributed by atoms with Gasteiger partial charge in [0.2, 0.25) is 0 Å². The maximum atomic E-state index is 16.4. The molecular weight excluding hydrogens is 1370 g/mol. The zero-order valence-electron chi connectivity index (χ0n) is 61.4. The van der Waals surface area contributed by atoms with Crippen LogP contribution >= 0.6 is 0 Å². The summed E-state index contributed by atoms with van der Waals surface area (Å²) in [6.07, 6.45) is -11.5. The SMILES string of the molecule is COC(C[C@@H]1O[C@H](C[C@H](COC(=O)c2ccccc2)OC(=O)c2ccccc2)[C@H](OC)[C@H]1[C@@H](C(=O)C[C@H]1CC[C@@H]2O[C@@H]3[C@@H](O[C@H](C[C@@H]4COC(C)(C)O4)[C@@H]3O[Si](c3ccccc3)(c3ccccc3)C(C)(C)C)[C@@H](O[Si](c3ccccc3)(c3ccccc3)C(C)(C)C)[C@H]2O1)S(=O)(=O)c1ccccc1)OC. The number of benzene rings is 7. The molecular formula is C83H100O18SSi2. The summed E-state index contributed by atoms with van der Waals surface area (Å²) in [6, 6.07) is 66.6. The molecule has 18 nitrogen and oxygen atoms in total. The van der Waals surface area contributed by atoms with Crippen molar-refractivity contribution in [3.05, 3.63) is 223 Å². The van der Waals surface area contributed by atoms with E-state index in [-0.39, 0.29) is 47.8 Å². The number of ketones is 1. The summed E-state index contributed by atoms with van der Waals surface area (Å²) in [6.45, 7) is 17.2. The first kappa shape index (κ1) is 76.7. The normalized spacial score (nSPS) is 26.2. The van der Waals surface area contributed by atoms with Crippen LogP contribution in [-0.4, -0.2) is 174 Å². The van der Waals surface area contributed by atoms with Crippen LogP contribution in [-0.2, 0) is 75.6 Å². The lowest BCUT2D eigenvalue weighted by atomic mass is 9.84. The van der Waals surface area contributed by atoms with Crippen molar-refractivity contribution in [1.29, 1.82) is 0 Å². The summed E-state index contributed by atoms with van der Waals surface area (Å²) in [5.41, 5.74) is 0.526. The number of carbonyl (C=O) groups excluding carboxylic acids is 3. The van der Waals surface area contributed by atoms with Crippen LogP contribution in [0.4, 0.5) is 0 Å². The van der Waals surface area contributed by atoms with Crippen LogP contribution in [0.1, 0.15) is 115 Å². The molecule has 0 radical (unpaired) electrons. The van der Waals surface area contributed by atoms with Crippen LogP contribution in [0.5, 0.6) is 0 Å². The van der Waals surface area contributed by atoms with E-state index in [2.05, 4.69) is 114 Å².